The predicted molar refractivity (Wildman–Crippen MR) is 65.7 cm³/mol. The Bertz CT molecular complexity index is 501. The smallest absolute Gasteiger partial charge is 0.271 e. The number of para-hydroxylation sites is 1. The summed E-state index contributed by atoms with van der Waals surface area (Å²) < 4.78 is 0. The highest BCUT2D eigenvalue weighted by Gasteiger charge is 2.09. The molecule has 19 heavy (non-hydrogen) atoms. The number of nitro benzene ring substituents is 1. The van der Waals surface area contributed by atoms with Crippen molar-refractivity contribution in [2.24, 2.45) is 10.1 Å². The van der Waals surface area contributed by atoms with Crippen LogP contribution >= 0.6 is 0 Å². The Balaban J connectivity index is 2.75. The zero-order valence-electron chi connectivity index (χ0n) is 9.89. The van der Waals surface area contributed by atoms with Crippen molar-refractivity contribution in [3.05, 3.63) is 39.9 Å². The van der Waals surface area contributed by atoms with Crippen molar-refractivity contribution < 1.29 is 15.3 Å². The number of nitro groups is 1. The minimum Gasteiger partial charge on any atom is -0.271 e. The summed E-state index contributed by atoms with van der Waals surface area (Å²) in [5, 5.41) is 31.1. The average Bonchev–Trinajstić information content (AvgIpc) is 2.37. The van der Waals surface area contributed by atoms with Gasteiger partial charge in [-0.1, -0.05) is 12.1 Å². The lowest BCUT2D eigenvalue weighted by Crippen LogP contribution is -2.43. The van der Waals surface area contributed by atoms with Crippen LogP contribution in [0.3, 0.4) is 0 Å². The second kappa shape index (κ2) is 7.00. The second-order valence-electron chi connectivity index (χ2n) is 3.16. The van der Waals surface area contributed by atoms with Gasteiger partial charge < -0.3 is 0 Å². The number of hydrogen-bond donors (Lipinski definition) is 4. The van der Waals surface area contributed by atoms with Crippen molar-refractivity contribution in [2.75, 3.05) is 7.05 Å². The molecule has 0 bridgehead atoms. The molecule has 0 spiro atoms. The lowest BCUT2D eigenvalue weighted by molar-refractivity contribution is -0.385. The van der Waals surface area contributed by atoms with E-state index in [-0.39, 0.29) is 17.0 Å². The number of rotatable bonds is 4. The number of hydrazone groups is 1. The molecule has 4 N–H and O–H groups in total. The number of benzene rings is 1. The zero-order chi connectivity index (χ0) is 14.3. The van der Waals surface area contributed by atoms with Crippen LogP contribution in [-0.2, 0) is 0 Å². The van der Waals surface area contributed by atoms with Crippen LogP contribution in [0.1, 0.15) is 5.56 Å². The Hall–Kier alpha value is -2.56. The van der Waals surface area contributed by atoms with Gasteiger partial charge in [0.05, 0.1) is 16.7 Å². The van der Waals surface area contributed by atoms with Gasteiger partial charge in [0.2, 0.25) is 5.96 Å². The molecule has 1 aromatic rings. The normalized spacial score (nSPS) is 11.9. The Kier molecular flexibility index (Phi) is 5.35. The van der Waals surface area contributed by atoms with Gasteiger partial charge in [-0.3, -0.25) is 25.5 Å². The number of nitrogens with one attached hydrogen (secondary N) is 2. The monoisotopic (exact) mass is 268 g/mol. The van der Waals surface area contributed by atoms with E-state index in [9.17, 15) is 10.1 Å². The first-order valence-electron chi connectivity index (χ1n) is 4.98. The van der Waals surface area contributed by atoms with Gasteiger partial charge in [0.1, 0.15) is 0 Å². The van der Waals surface area contributed by atoms with Gasteiger partial charge in [-0.15, -0.1) is 0 Å². The van der Waals surface area contributed by atoms with E-state index < -0.39 is 4.92 Å². The van der Waals surface area contributed by atoms with Crippen LogP contribution in [0.4, 0.5) is 5.69 Å². The molecule has 0 heterocycles. The maximum atomic E-state index is 10.7. The Labute approximate surface area is 107 Å². The zero-order valence-corrected chi connectivity index (χ0v) is 9.89. The average molecular weight is 268 g/mol. The standard InChI is InChI=1S/C9H12N6O4/c1-10-9(13-15(18)19)12-11-6-7-4-2-3-5-8(7)14(16)17/h2-6,18-19H,1H3,(H2,10,12,13). The molecule has 0 fully saturated rings. The van der Waals surface area contributed by atoms with Crippen molar-refractivity contribution in [3.8, 4) is 0 Å². The summed E-state index contributed by atoms with van der Waals surface area (Å²) >= 11 is 0. The molecule has 0 aliphatic rings. The van der Waals surface area contributed by atoms with Gasteiger partial charge in [-0.05, 0) is 6.07 Å². The molecule has 0 unspecified atom stereocenters. The fourth-order valence-corrected chi connectivity index (χ4v) is 1.15. The third-order valence-electron chi connectivity index (χ3n) is 1.94. The molecule has 0 amide bonds. The number of hydrogen-bond acceptors (Lipinski definition) is 7. The van der Waals surface area contributed by atoms with Crippen LogP contribution in [0.25, 0.3) is 0 Å². The van der Waals surface area contributed by atoms with E-state index in [0.717, 1.165) is 0 Å². The highest BCUT2D eigenvalue weighted by atomic mass is 16.8. The van der Waals surface area contributed by atoms with Gasteiger partial charge in [0.15, 0.2) is 0 Å². The molecule has 0 radical (unpaired) electrons. The van der Waals surface area contributed by atoms with E-state index in [0.29, 0.717) is 5.56 Å². The number of aliphatic imine (C=N–C) groups is 1. The Morgan fingerprint density at radius 3 is 2.74 bits per heavy atom. The first-order valence-corrected chi connectivity index (χ1v) is 4.98. The SMILES string of the molecule is CN=C(NN=Cc1ccccc1[N+](=O)[O-])NN(O)O. The van der Waals surface area contributed by atoms with E-state index in [1.165, 1.54) is 25.4 Å². The fraction of sp³-hybridized carbons (Fsp3) is 0.111. The lowest BCUT2D eigenvalue weighted by atomic mass is 10.2. The van der Waals surface area contributed by atoms with Gasteiger partial charge in [0.25, 0.3) is 5.69 Å². The molecular weight excluding hydrogens is 256 g/mol. The quantitative estimate of drug-likeness (QED) is 0.263. The van der Waals surface area contributed by atoms with Crippen LogP contribution in [0, 0.1) is 10.1 Å². The van der Waals surface area contributed by atoms with Crippen molar-refractivity contribution in [2.45, 2.75) is 0 Å². The molecule has 0 aliphatic heterocycles. The predicted octanol–water partition coefficient (Wildman–Crippen LogP) is 0.0891. The summed E-state index contributed by atoms with van der Waals surface area (Å²) in [6.45, 7) is 0. The molecule has 0 aliphatic carbocycles. The number of hydrazine groups is 1. The number of nitrogens with zero attached hydrogens (tertiary/aromatic N) is 4. The third kappa shape index (κ3) is 4.67. The molecule has 1 rings (SSSR count). The summed E-state index contributed by atoms with van der Waals surface area (Å²) in [6.07, 6.45) is 1.21. The first kappa shape index (κ1) is 14.5. The topological polar surface area (TPSA) is 136 Å². The molecule has 1 aromatic carbocycles. The van der Waals surface area contributed by atoms with Gasteiger partial charge in [-0.2, -0.15) is 5.10 Å². The molecule has 10 nitrogen and oxygen atoms in total. The Morgan fingerprint density at radius 2 is 2.16 bits per heavy atom. The Morgan fingerprint density at radius 1 is 1.47 bits per heavy atom. The molecule has 0 atom stereocenters. The lowest BCUT2D eigenvalue weighted by Gasteiger charge is -2.09. The van der Waals surface area contributed by atoms with E-state index in [4.69, 9.17) is 10.4 Å². The summed E-state index contributed by atoms with van der Waals surface area (Å²) in [6, 6.07) is 6.03. The van der Waals surface area contributed by atoms with Crippen molar-refractivity contribution in [3.63, 3.8) is 0 Å². The van der Waals surface area contributed by atoms with E-state index in [1.54, 1.807) is 12.1 Å². The van der Waals surface area contributed by atoms with Crippen LogP contribution in [-0.4, -0.2) is 39.9 Å². The molecule has 102 valence electrons. The van der Waals surface area contributed by atoms with Gasteiger partial charge in [0, 0.05) is 18.4 Å². The van der Waals surface area contributed by atoms with Crippen LogP contribution in [0.5, 0.6) is 0 Å². The molecule has 0 aromatic heterocycles. The molecule has 0 saturated carbocycles. The van der Waals surface area contributed by atoms with E-state index in [2.05, 4.69) is 15.5 Å². The third-order valence-corrected chi connectivity index (χ3v) is 1.94. The molecule has 0 saturated heterocycles. The van der Waals surface area contributed by atoms with Crippen molar-refractivity contribution >= 4 is 17.9 Å². The maximum Gasteiger partial charge on any atom is 0.278 e. The minimum absolute atomic E-state index is 0.0696. The van der Waals surface area contributed by atoms with Gasteiger partial charge >= 0.3 is 0 Å². The summed E-state index contributed by atoms with van der Waals surface area (Å²) in [7, 11) is 1.37. The second-order valence-corrected chi connectivity index (χ2v) is 3.16. The maximum absolute atomic E-state index is 10.7. The van der Waals surface area contributed by atoms with E-state index >= 15 is 0 Å². The number of guanidine groups is 1. The minimum atomic E-state index is -0.530. The van der Waals surface area contributed by atoms with Crippen molar-refractivity contribution in [1.82, 2.24) is 16.2 Å². The van der Waals surface area contributed by atoms with Crippen LogP contribution < -0.4 is 10.9 Å². The first-order chi connectivity index (χ1) is 9.04. The highest BCUT2D eigenvalue weighted by molar-refractivity contribution is 5.87. The van der Waals surface area contributed by atoms with Gasteiger partial charge in [-0.25, -0.2) is 10.9 Å². The van der Waals surface area contributed by atoms with Crippen LogP contribution in [0.15, 0.2) is 34.4 Å². The molecule has 10 heteroatoms. The molecular formula is C9H12N6O4. The summed E-state index contributed by atoms with van der Waals surface area (Å²) in [5.74, 6) is -0.0696. The summed E-state index contributed by atoms with van der Waals surface area (Å²) in [5.41, 5.74) is 4.52. The highest BCUT2D eigenvalue weighted by Crippen LogP contribution is 2.14. The van der Waals surface area contributed by atoms with Crippen LogP contribution in [0.2, 0.25) is 0 Å². The fourth-order valence-electron chi connectivity index (χ4n) is 1.15. The van der Waals surface area contributed by atoms with E-state index in [1.807, 2.05) is 5.43 Å². The largest absolute Gasteiger partial charge is 0.278 e. The summed E-state index contributed by atoms with van der Waals surface area (Å²) in [4.78, 5) is 13.8. The van der Waals surface area contributed by atoms with Crippen molar-refractivity contribution in [1.29, 1.82) is 0 Å².